The maximum Gasteiger partial charge on any atom is 0.420 e. The zero-order valence-corrected chi connectivity index (χ0v) is 13.9. The molecule has 9 heteroatoms. The summed E-state index contributed by atoms with van der Waals surface area (Å²) in [6.45, 7) is 0.304. The SMILES string of the molecule is FC(F)(F)c1ccccc1N1C=[N+](c2ccccc2C(F)(F)F)CC1.[Cl-]. The minimum Gasteiger partial charge on any atom is -1.00 e. The van der Waals surface area contributed by atoms with Crippen LogP contribution in [0, 0.1) is 0 Å². The number of rotatable bonds is 2. The molecule has 2 nitrogen and oxygen atoms in total. The average Bonchev–Trinajstić information content (AvgIpc) is 3.03. The molecule has 2 aromatic rings. The minimum absolute atomic E-state index is 0. The van der Waals surface area contributed by atoms with Gasteiger partial charge in [-0.2, -0.15) is 26.3 Å². The summed E-state index contributed by atoms with van der Waals surface area (Å²) in [6, 6.07) is 10.00. The predicted molar refractivity (Wildman–Crippen MR) is 81.1 cm³/mol. The molecule has 0 N–H and O–H groups in total. The number of hydrogen-bond donors (Lipinski definition) is 0. The van der Waals surface area contributed by atoms with Gasteiger partial charge in [0.15, 0.2) is 0 Å². The van der Waals surface area contributed by atoms with Gasteiger partial charge in [0.25, 0.3) is 0 Å². The molecule has 0 amide bonds. The molecular weight excluding hydrogens is 382 g/mol. The molecule has 0 fully saturated rings. The number of anilines is 1. The van der Waals surface area contributed by atoms with Gasteiger partial charge in [-0.25, -0.2) is 9.48 Å². The molecule has 2 aromatic carbocycles. The van der Waals surface area contributed by atoms with Gasteiger partial charge in [-0.05, 0) is 24.3 Å². The molecule has 0 spiro atoms. The molecular formula is C17H13ClF6N2. The third-order valence-electron chi connectivity index (χ3n) is 3.90. The van der Waals surface area contributed by atoms with Crippen molar-refractivity contribution >= 4 is 17.7 Å². The van der Waals surface area contributed by atoms with Gasteiger partial charge >= 0.3 is 12.4 Å². The largest absolute Gasteiger partial charge is 1.00 e. The van der Waals surface area contributed by atoms with Crippen LogP contribution >= 0.6 is 0 Å². The van der Waals surface area contributed by atoms with E-state index in [-0.39, 0.29) is 36.9 Å². The highest BCUT2D eigenvalue weighted by Crippen LogP contribution is 2.38. The summed E-state index contributed by atoms with van der Waals surface area (Å²) >= 11 is 0. The number of alkyl halides is 6. The van der Waals surface area contributed by atoms with Gasteiger partial charge in [0.2, 0.25) is 6.34 Å². The lowest BCUT2D eigenvalue weighted by Crippen LogP contribution is -3.00. The van der Waals surface area contributed by atoms with Crippen molar-refractivity contribution < 1.29 is 43.3 Å². The summed E-state index contributed by atoms with van der Waals surface area (Å²) in [5, 5.41) is 0. The Morgan fingerprint density at radius 3 is 1.92 bits per heavy atom. The molecule has 0 saturated heterocycles. The molecule has 0 bridgehead atoms. The van der Waals surface area contributed by atoms with Crippen LogP contribution in [0.15, 0.2) is 48.5 Å². The Balaban J connectivity index is 0.00000243. The van der Waals surface area contributed by atoms with Gasteiger partial charge < -0.3 is 12.4 Å². The van der Waals surface area contributed by atoms with Crippen molar-refractivity contribution in [3.05, 3.63) is 59.7 Å². The van der Waals surface area contributed by atoms with Crippen molar-refractivity contribution in [1.29, 1.82) is 0 Å². The van der Waals surface area contributed by atoms with Crippen LogP contribution < -0.4 is 17.3 Å². The van der Waals surface area contributed by atoms with Crippen molar-refractivity contribution in [3.8, 4) is 0 Å². The lowest BCUT2D eigenvalue weighted by atomic mass is 10.1. The summed E-state index contributed by atoms with van der Waals surface area (Å²) < 4.78 is 80.2. The van der Waals surface area contributed by atoms with Crippen LogP contribution in [0.1, 0.15) is 11.1 Å². The Kier molecular flexibility index (Phi) is 5.55. The van der Waals surface area contributed by atoms with E-state index in [0.29, 0.717) is 0 Å². The zero-order chi connectivity index (χ0) is 18.2. The standard InChI is InChI=1S/C17H13F6N2.ClH/c18-16(19,20)12-5-1-3-7-14(12)24-9-10-25(11-24)15-8-4-2-6-13(15)17(21,22)23;/h1-8,11H,9-10H2;1H/q+1;/p-1. The highest BCUT2D eigenvalue weighted by molar-refractivity contribution is 5.80. The Labute approximate surface area is 151 Å². The second kappa shape index (κ2) is 7.19. The van der Waals surface area contributed by atoms with Gasteiger partial charge in [-0.3, -0.25) is 0 Å². The Hall–Kier alpha value is -2.22. The molecule has 0 radical (unpaired) electrons. The number of para-hydroxylation sites is 2. The van der Waals surface area contributed by atoms with Crippen LogP contribution in [0.4, 0.5) is 37.7 Å². The van der Waals surface area contributed by atoms with Crippen molar-refractivity contribution in [2.45, 2.75) is 12.4 Å². The van der Waals surface area contributed by atoms with E-state index in [9.17, 15) is 26.3 Å². The van der Waals surface area contributed by atoms with Crippen LogP contribution in [0.5, 0.6) is 0 Å². The van der Waals surface area contributed by atoms with Gasteiger partial charge in [-0.1, -0.05) is 24.3 Å². The third kappa shape index (κ3) is 3.95. The highest BCUT2D eigenvalue weighted by Gasteiger charge is 2.39. The van der Waals surface area contributed by atoms with E-state index in [1.165, 1.54) is 52.2 Å². The van der Waals surface area contributed by atoms with Crippen molar-refractivity contribution in [3.63, 3.8) is 0 Å². The van der Waals surface area contributed by atoms with Crippen LogP contribution in [0.3, 0.4) is 0 Å². The van der Waals surface area contributed by atoms with Crippen molar-refractivity contribution in [2.75, 3.05) is 18.0 Å². The normalized spacial score (nSPS) is 14.8. The summed E-state index contributed by atoms with van der Waals surface area (Å²) in [5.74, 6) is 0. The third-order valence-corrected chi connectivity index (χ3v) is 3.90. The van der Waals surface area contributed by atoms with E-state index in [0.717, 1.165) is 12.1 Å². The summed E-state index contributed by atoms with van der Waals surface area (Å²) in [4.78, 5) is 1.32. The second-order valence-corrected chi connectivity index (χ2v) is 5.53. The minimum atomic E-state index is -4.54. The molecule has 1 aliphatic rings. The molecule has 140 valence electrons. The average molecular weight is 395 g/mol. The first-order chi connectivity index (χ1) is 11.7. The zero-order valence-electron chi connectivity index (χ0n) is 13.2. The van der Waals surface area contributed by atoms with Crippen LogP contribution in [0.2, 0.25) is 0 Å². The summed E-state index contributed by atoms with van der Waals surface area (Å²) in [6.07, 6.45) is -7.79. The monoisotopic (exact) mass is 394 g/mol. The van der Waals surface area contributed by atoms with E-state index in [2.05, 4.69) is 0 Å². The van der Waals surface area contributed by atoms with E-state index in [1.807, 2.05) is 0 Å². The molecule has 1 heterocycles. The maximum absolute atomic E-state index is 13.1. The highest BCUT2D eigenvalue weighted by atomic mass is 35.5. The molecule has 26 heavy (non-hydrogen) atoms. The van der Waals surface area contributed by atoms with E-state index in [4.69, 9.17) is 0 Å². The quantitative estimate of drug-likeness (QED) is 0.557. The fourth-order valence-electron chi connectivity index (χ4n) is 2.79. The lowest BCUT2D eigenvalue weighted by molar-refractivity contribution is -0.426. The predicted octanol–water partition coefficient (Wildman–Crippen LogP) is 1.92. The first-order valence-electron chi connectivity index (χ1n) is 7.38. The van der Waals surface area contributed by atoms with Crippen molar-refractivity contribution in [2.24, 2.45) is 0 Å². The Morgan fingerprint density at radius 2 is 1.31 bits per heavy atom. The van der Waals surface area contributed by atoms with Crippen LogP contribution in [-0.2, 0) is 12.4 Å². The fourth-order valence-corrected chi connectivity index (χ4v) is 2.79. The molecule has 1 aliphatic heterocycles. The number of hydrogen-bond acceptors (Lipinski definition) is 1. The molecule has 3 rings (SSSR count). The first kappa shape index (κ1) is 20.1. The molecule has 0 saturated carbocycles. The molecule has 0 aromatic heterocycles. The molecule has 0 unspecified atom stereocenters. The number of benzene rings is 2. The first-order valence-corrected chi connectivity index (χ1v) is 7.38. The van der Waals surface area contributed by atoms with Gasteiger partial charge in [-0.15, -0.1) is 0 Å². The smallest absolute Gasteiger partial charge is 0.420 e. The van der Waals surface area contributed by atoms with Gasteiger partial charge in [0.1, 0.15) is 35.6 Å². The molecule has 0 atom stereocenters. The Morgan fingerprint density at radius 1 is 0.769 bits per heavy atom. The number of nitrogens with zero attached hydrogens (tertiary/aromatic N) is 2. The van der Waals surface area contributed by atoms with E-state index < -0.39 is 23.5 Å². The lowest BCUT2D eigenvalue weighted by Gasteiger charge is -2.14. The van der Waals surface area contributed by atoms with Gasteiger partial charge in [0.05, 0.1) is 0 Å². The van der Waals surface area contributed by atoms with Crippen molar-refractivity contribution in [1.82, 2.24) is 0 Å². The summed E-state index contributed by atoms with van der Waals surface area (Å²) in [7, 11) is 0. The molecule has 0 aliphatic carbocycles. The topological polar surface area (TPSA) is 6.25 Å². The van der Waals surface area contributed by atoms with E-state index in [1.54, 1.807) is 0 Å². The Bertz CT molecular complexity index is 813. The van der Waals surface area contributed by atoms with E-state index >= 15 is 0 Å². The second-order valence-electron chi connectivity index (χ2n) is 5.53. The maximum atomic E-state index is 13.1. The van der Waals surface area contributed by atoms with Crippen LogP contribution in [-0.4, -0.2) is 24.0 Å². The van der Waals surface area contributed by atoms with Crippen LogP contribution in [0.25, 0.3) is 0 Å². The number of halogens is 7. The summed E-state index contributed by atoms with van der Waals surface area (Å²) in [5.41, 5.74) is -1.81. The van der Waals surface area contributed by atoms with Gasteiger partial charge in [0, 0.05) is 0 Å². The fraction of sp³-hybridized carbons (Fsp3) is 0.235.